The van der Waals surface area contributed by atoms with E-state index in [1.165, 1.54) is 19.3 Å². The first-order valence-electron chi connectivity index (χ1n) is 6.76. The molecule has 0 bridgehead atoms. The molecule has 0 aliphatic heterocycles. The van der Waals surface area contributed by atoms with Crippen LogP contribution in [0.25, 0.3) is 0 Å². The molecule has 0 spiro atoms. The van der Waals surface area contributed by atoms with Gasteiger partial charge in [-0.05, 0) is 47.1 Å². The topological polar surface area (TPSA) is 55.2 Å². The zero-order valence-electron chi connectivity index (χ0n) is 11.5. The Bertz CT molecular complexity index is 424. The van der Waals surface area contributed by atoms with Crippen LogP contribution >= 0.6 is 22.6 Å². The van der Waals surface area contributed by atoms with Gasteiger partial charge in [0.05, 0.1) is 4.92 Å². The summed E-state index contributed by atoms with van der Waals surface area (Å²) >= 11 is 2.09. The van der Waals surface area contributed by atoms with E-state index in [4.69, 9.17) is 0 Å². The molecule has 0 radical (unpaired) electrons. The lowest BCUT2D eigenvalue weighted by molar-refractivity contribution is -0.384. The van der Waals surface area contributed by atoms with Crippen molar-refractivity contribution in [1.82, 2.24) is 0 Å². The van der Waals surface area contributed by atoms with E-state index in [2.05, 4.69) is 41.8 Å². The molecule has 1 aromatic rings. The highest BCUT2D eigenvalue weighted by molar-refractivity contribution is 14.1. The Morgan fingerprint density at radius 3 is 2.74 bits per heavy atom. The maximum absolute atomic E-state index is 11.0. The number of halogens is 1. The fourth-order valence-corrected chi connectivity index (χ4v) is 2.48. The molecule has 0 saturated heterocycles. The molecule has 0 aliphatic rings. The van der Waals surface area contributed by atoms with Gasteiger partial charge in [-0.25, -0.2) is 0 Å². The summed E-state index contributed by atoms with van der Waals surface area (Å²) in [6.45, 7) is 5.16. The number of benzene rings is 1. The van der Waals surface area contributed by atoms with Gasteiger partial charge in [0.15, 0.2) is 0 Å². The molecule has 1 aromatic carbocycles. The molecule has 1 atom stereocenters. The largest absolute Gasteiger partial charge is 0.379 e. The van der Waals surface area contributed by atoms with Crippen molar-refractivity contribution in [3.8, 4) is 0 Å². The monoisotopic (exact) mass is 376 g/mol. The zero-order valence-corrected chi connectivity index (χ0v) is 13.6. The van der Waals surface area contributed by atoms with E-state index in [1.807, 2.05) is 6.07 Å². The Kier molecular flexibility index (Phi) is 7.12. The Hall–Kier alpha value is -0.850. The van der Waals surface area contributed by atoms with E-state index in [0.29, 0.717) is 11.6 Å². The van der Waals surface area contributed by atoms with E-state index in [0.717, 1.165) is 16.5 Å². The van der Waals surface area contributed by atoms with E-state index in [9.17, 15) is 10.1 Å². The minimum Gasteiger partial charge on any atom is -0.379 e. The molecule has 0 amide bonds. The highest BCUT2D eigenvalue weighted by atomic mass is 127. The molecular formula is C14H21IN2O2. The molecule has 5 heteroatoms. The van der Waals surface area contributed by atoms with Crippen LogP contribution in [-0.2, 0) is 0 Å². The average Bonchev–Trinajstić information content (AvgIpc) is 2.40. The van der Waals surface area contributed by atoms with Crippen LogP contribution in [-0.4, -0.2) is 11.5 Å². The number of unbranched alkanes of at least 4 members (excludes halogenated alkanes) is 1. The van der Waals surface area contributed by atoms with Gasteiger partial charge in [0.25, 0.3) is 5.69 Å². The summed E-state index contributed by atoms with van der Waals surface area (Å²) in [4.78, 5) is 10.7. The lowest BCUT2D eigenvalue weighted by atomic mass is 9.99. The van der Waals surface area contributed by atoms with Gasteiger partial charge in [-0.2, -0.15) is 0 Å². The summed E-state index contributed by atoms with van der Waals surface area (Å²) in [5.41, 5.74) is 0.789. The van der Waals surface area contributed by atoms with Crippen molar-refractivity contribution in [1.29, 1.82) is 0 Å². The summed E-state index contributed by atoms with van der Waals surface area (Å²) in [6.07, 6.45) is 4.69. The van der Waals surface area contributed by atoms with Crippen LogP contribution in [0.1, 0.15) is 39.5 Å². The number of hydrogen-bond acceptors (Lipinski definition) is 3. The third-order valence-corrected chi connectivity index (χ3v) is 3.95. The first kappa shape index (κ1) is 16.2. The van der Waals surface area contributed by atoms with E-state index >= 15 is 0 Å². The summed E-state index contributed by atoms with van der Waals surface area (Å²) in [5, 5.41) is 14.3. The summed E-state index contributed by atoms with van der Waals surface area (Å²) < 4.78 is 0.882. The molecular weight excluding hydrogens is 355 g/mol. The quantitative estimate of drug-likeness (QED) is 0.402. The van der Waals surface area contributed by atoms with Crippen LogP contribution in [0.3, 0.4) is 0 Å². The Morgan fingerprint density at radius 2 is 2.16 bits per heavy atom. The second kappa shape index (κ2) is 8.35. The first-order valence-corrected chi connectivity index (χ1v) is 7.84. The minimum atomic E-state index is -0.322. The highest BCUT2D eigenvalue weighted by Crippen LogP contribution is 2.27. The van der Waals surface area contributed by atoms with Crippen LogP contribution in [0.2, 0.25) is 0 Å². The van der Waals surface area contributed by atoms with Gasteiger partial charge < -0.3 is 5.32 Å². The maximum Gasteiger partial charge on any atom is 0.293 e. The third-order valence-electron chi connectivity index (χ3n) is 3.28. The molecule has 1 unspecified atom stereocenters. The number of rotatable bonds is 8. The SMILES string of the molecule is CCCCC(CC)CNc1ccc(I)cc1[N+](=O)[O-]. The summed E-state index contributed by atoms with van der Waals surface area (Å²) in [5.74, 6) is 0.582. The van der Waals surface area contributed by atoms with E-state index < -0.39 is 0 Å². The predicted molar refractivity (Wildman–Crippen MR) is 87.6 cm³/mol. The fraction of sp³-hybridized carbons (Fsp3) is 0.571. The Morgan fingerprint density at radius 1 is 1.42 bits per heavy atom. The van der Waals surface area contributed by atoms with Crippen molar-refractivity contribution in [3.05, 3.63) is 31.9 Å². The zero-order chi connectivity index (χ0) is 14.3. The van der Waals surface area contributed by atoms with Gasteiger partial charge in [0.2, 0.25) is 0 Å². The number of nitro benzene ring substituents is 1. The van der Waals surface area contributed by atoms with Crippen LogP contribution in [0, 0.1) is 19.6 Å². The predicted octanol–water partition coefficient (Wildman–Crippen LogP) is 4.83. The van der Waals surface area contributed by atoms with Gasteiger partial charge in [-0.15, -0.1) is 0 Å². The lowest BCUT2D eigenvalue weighted by Crippen LogP contribution is -2.14. The van der Waals surface area contributed by atoms with Gasteiger partial charge in [-0.1, -0.05) is 33.1 Å². The van der Waals surface area contributed by atoms with E-state index in [-0.39, 0.29) is 10.6 Å². The van der Waals surface area contributed by atoms with Crippen LogP contribution < -0.4 is 5.32 Å². The van der Waals surface area contributed by atoms with Gasteiger partial charge in [-0.3, -0.25) is 10.1 Å². The van der Waals surface area contributed by atoms with Crippen molar-refractivity contribution < 1.29 is 4.92 Å². The second-order valence-electron chi connectivity index (χ2n) is 4.72. The summed E-state index contributed by atoms with van der Waals surface area (Å²) in [7, 11) is 0. The Balaban J connectivity index is 2.68. The molecule has 1 N–H and O–H groups in total. The van der Waals surface area contributed by atoms with Gasteiger partial charge in [0.1, 0.15) is 5.69 Å². The number of nitro groups is 1. The first-order chi connectivity index (χ1) is 9.08. The smallest absolute Gasteiger partial charge is 0.293 e. The van der Waals surface area contributed by atoms with Crippen LogP contribution in [0.15, 0.2) is 18.2 Å². The minimum absolute atomic E-state index is 0.164. The molecule has 106 valence electrons. The second-order valence-corrected chi connectivity index (χ2v) is 5.96. The molecule has 4 nitrogen and oxygen atoms in total. The molecule has 1 rings (SSSR count). The van der Waals surface area contributed by atoms with Crippen molar-refractivity contribution in [2.45, 2.75) is 39.5 Å². The van der Waals surface area contributed by atoms with Crippen LogP contribution in [0.5, 0.6) is 0 Å². The van der Waals surface area contributed by atoms with Gasteiger partial charge >= 0.3 is 0 Å². The van der Waals surface area contributed by atoms with Crippen LogP contribution in [0.4, 0.5) is 11.4 Å². The van der Waals surface area contributed by atoms with Crippen molar-refractivity contribution >= 4 is 34.0 Å². The molecule has 0 fully saturated rings. The average molecular weight is 376 g/mol. The molecule has 0 aliphatic carbocycles. The maximum atomic E-state index is 11.0. The van der Waals surface area contributed by atoms with E-state index in [1.54, 1.807) is 12.1 Å². The third kappa shape index (κ3) is 5.34. The van der Waals surface area contributed by atoms with Gasteiger partial charge in [0, 0.05) is 16.2 Å². The number of hydrogen-bond donors (Lipinski definition) is 1. The molecule has 0 saturated carbocycles. The van der Waals surface area contributed by atoms with Crippen molar-refractivity contribution in [3.63, 3.8) is 0 Å². The fourth-order valence-electron chi connectivity index (χ4n) is 2.00. The lowest BCUT2D eigenvalue weighted by Gasteiger charge is -2.16. The Labute approximate surface area is 128 Å². The number of anilines is 1. The van der Waals surface area contributed by atoms with Crippen molar-refractivity contribution in [2.24, 2.45) is 5.92 Å². The summed E-state index contributed by atoms with van der Waals surface area (Å²) in [6, 6.07) is 5.30. The molecule has 0 heterocycles. The molecule has 0 aromatic heterocycles. The van der Waals surface area contributed by atoms with Crippen molar-refractivity contribution in [2.75, 3.05) is 11.9 Å². The molecule has 19 heavy (non-hydrogen) atoms. The highest BCUT2D eigenvalue weighted by Gasteiger charge is 2.15. The number of nitrogens with zero attached hydrogens (tertiary/aromatic N) is 1. The number of nitrogens with one attached hydrogen (secondary N) is 1. The standard InChI is InChI=1S/C14H21IN2O2/c1-3-5-6-11(4-2)10-16-13-8-7-12(15)9-14(13)17(18)19/h7-9,11,16H,3-6,10H2,1-2H3. The normalized spacial score (nSPS) is 12.2.